The van der Waals surface area contributed by atoms with Crippen molar-refractivity contribution in [3.8, 4) is 0 Å². The van der Waals surface area contributed by atoms with Crippen LogP contribution in [0.1, 0.15) is 10.4 Å². The molecule has 0 aromatic heterocycles. The maximum absolute atomic E-state index is 12.0. The molecule has 3 heteroatoms. The molecule has 0 heterocycles. The van der Waals surface area contributed by atoms with Crippen LogP contribution in [0.2, 0.25) is 13.1 Å². The van der Waals surface area contributed by atoms with Gasteiger partial charge in [-0.3, -0.25) is 0 Å². The third-order valence-electron chi connectivity index (χ3n) is 3.77. The minimum Gasteiger partial charge on any atom is -0.458 e. The fourth-order valence-corrected chi connectivity index (χ4v) is 3.92. The molecule has 0 unspecified atom stereocenters. The van der Waals surface area contributed by atoms with Gasteiger partial charge in [0, 0.05) is 0 Å². The van der Waals surface area contributed by atoms with Crippen molar-refractivity contribution in [2.75, 3.05) is 6.61 Å². The average Bonchev–Trinajstić information content (AvgIpc) is 2.53. The van der Waals surface area contributed by atoms with Crippen LogP contribution in [-0.4, -0.2) is 20.7 Å². The number of carbonyl (C=O) groups is 1. The van der Waals surface area contributed by atoms with Gasteiger partial charge in [0.25, 0.3) is 0 Å². The van der Waals surface area contributed by atoms with E-state index in [0.717, 1.165) is 5.20 Å². The molecule has 0 saturated heterocycles. The summed E-state index contributed by atoms with van der Waals surface area (Å²) >= 11 is 0. The van der Waals surface area contributed by atoms with Crippen molar-refractivity contribution in [1.29, 1.82) is 0 Å². The topological polar surface area (TPSA) is 26.3 Å². The Labute approximate surface area is 127 Å². The maximum Gasteiger partial charge on any atom is 0.338 e. The van der Waals surface area contributed by atoms with Crippen LogP contribution in [0.4, 0.5) is 0 Å². The van der Waals surface area contributed by atoms with E-state index in [9.17, 15) is 4.79 Å². The zero-order valence-corrected chi connectivity index (χ0v) is 13.5. The summed E-state index contributed by atoms with van der Waals surface area (Å²) in [6.45, 7) is 8.88. The Morgan fingerprint density at radius 3 is 2.10 bits per heavy atom. The molecular weight excluding hydrogens is 276 g/mol. The number of carbonyl (C=O) groups excluding carboxylic acids is 1. The summed E-state index contributed by atoms with van der Waals surface area (Å²) in [6.07, 6.45) is 0. The molecule has 0 atom stereocenters. The molecule has 0 N–H and O–H groups in total. The van der Waals surface area contributed by atoms with E-state index in [0.29, 0.717) is 5.56 Å². The highest BCUT2D eigenvalue weighted by atomic mass is 28.3. The molecule has 108 valence electrons. The average molecular weight is 296 g/mol. The maximum atomic E-state index is 12.0. The second-order valence-corrected chi connectivity index (χ2v) is 10.1. The lowest BCUT2D eigenvalue weighted by molar-refractivity contribution is 0.0545. The van der Waals surface area contributed by atoms with E-state index in [2.05, 4.69) is 31.8 Å². The molecule has 0 aliphatic rings. The molecule has 0 spiro atoms. The Kier molecular flexibility index (Phi) is 4.76. The fourth-order valence-electron chi connectivity index (χ4n) is 2.05. The first kappa shape index (κ1) is 15.3. The lowest BCUT2D eigenvalue weighted by Gasteiger charge is -2.25. The van der Waals surface area contributed by atoms with Crippen molar-refractivity contribution in [3.63, 3.8) is 0 Å². The number of hydrogen-bond donors (Lipinski definition) is 0. The third kappa shape index (κ3) is 3.70. The van der Waals surface area contributed by atoms with Gasteiger partial charge >= 0.3 is 5.97 Å². The zero-order chi connectivity index (χ0) is 15.3. The van der Waals surface area contributed by atoms with Gasteiger partial charge in [-0.25, -0.2) is 4.79 Å². The number of rotatable bonds is 5. The van der Waals surface area contributed by atoms with Gasteiger partial charge in [0.2, 0.25) is 0 Å². The Morgan fingerprint density at radius 1 is 1.00 bits per heavy atom. The van der Waals surface area contributed by atoms with Crippen molar-refractivity contribution in [2.24, 2.45) is 0 Å². The minimum atomic E-state index is -1.82. The zero-order valence-electron chi connectivity index (χ0n) is 12.5. The molecule has 0 radical (unpaired) electrons. The van der Waals surface area contributed by atoms with Crippen molar-refractivity contribution >= 4 is 19.2 Å². The van der Waals surface area contributed by atoms with Crippen LogP contribution in [0, 0.1) is 0 Å². The minimum absolute atomic E-state index is 0.280. The van der Waals surface area contributed by atoms with Gasteiger partial charge in [-0.05, 0) is 17.3 Å². The Morgan fingerprint density at radius 2 is 1.52 bits per heavy atom. The van der Waals surface area contributed by atoms with E-state index >= 15 is 0 Å². The molecule has 2 nitrogen and oxygen atoms in total. The van der Waals surface area contributed by atoms with Crippen LogP contribution in [0.15, 0.2) is 72.4 Å². The quantitative estimate of drug-likeness (QED) is 0.623. The van der Waals surface area contributed by atoms with Crippen molar-refractivity contribution < 1.29 is 9.53 Å². The SMILES string of the molecule is C=C(COC(=O)c1ccccc1)[Si](C)(C)c1ccccc1. The van der Waals surface area contributed by atoms with E-state index in [1.165, 1.54) is 5.19 Å². The Balaban J connectivity index is 2.00. The molecule has 0 aliphatic carbocycles. The highest BCUT2D eigenvalue weighted by molar-refractivity contribution is 6.95. The first-order valence-corrected chi connectivity index (χ1v) is 9.98. The van der Waals surface area contributed by atoms with Crippen LogP contribution in [-0.2, 0) is 4.74 Å². The van der Waals surface area contributed by atoms with Crippen LogP contribution in [0.5, 0.6) is 0 Å². The Hall–Kier alpha value is -2.13. The van der Waals surface area contributed by atoms with Crippen molar-refractivity contribution in [3.05, 3.63) is 78.0 Å². The molecule has 2 rings (SSSR count). The molecular formula is C18H20O2Si. The fraction of sp³-hybridized carbons (Fsp3) is 0.167. The summed E-state index contributed by atoms with van der Waals surface area (Å²) in [6, 6.07) is 19.4. The first-order chi connectivity index (χ1) is 10.0. The third-order valence-corrected chi connectivity index (χ3v) is 7.46. The molecule has 0 fully saturated rings. The summed E-state index contributed by atoms with van der Waals surface area (Å²) in [5.74, 6) is -0.297. The van der Waals surface area contributed by atoms with Gasteiger partial charge in [0.05, 0.1) is 5.56 Å². The van der Waals surface area contributed by atoms with Gasteiger partial charge in [-0.15, -0.1) is 6.58 Å². The van der Waals surface area contributed by atoms with Crippen LogP contribution < -0.4 is 5.19 Å². The lowest BCUT2D eigenvalue weighted by atomic mass is 10.2. The van der Waals surface area contributed by atoms with Gasteiger partial charge in [-0.1, -0.05) is 66.8 Å². The molecule has 0 aliphatic heterocycles. The van der Waals surface area contributed by atoms with E-state index < -0.39 is 8.07 Å². The largest absolute Gasteiger partial charge is 0.458 e. The Bertz CT molecular complexity index is 618. The number of hydrogen-bond acceptors (Lipinski definition) is 2. The van der Waals surface area contributed by atoms with E-state index in [1.807, 2.05) is 36.4 Å². The van der Waals surface area contributed by atoms with Gasteiger partial charge in [0.15, 0.2) is 0 Å². The lowest BCUT2D eigenvalue weighted by Crippen LogP contribution is -2.44. The second-order valence-electron chi connectivity index (χ2n) is 5.54. The van der Waals surface area contributed by atoms with Crippen molar-refractivity contribution in [1.82, 2.24) is 0 Å². The van der Waals surface area contributed by atoms with E-state index in [1.54, 1.807) is 12.1 Å². The summed E-state index contributed by atoms with van der Waals surface area (Å²) < 4.78 is 5.39. The van der Waals surface area contributed by atoms with E-state index in [-0.39, 0.29) is 12.6 Å². The normalized spacial score (nSPS) is 11.0. The predicted octanol–water partition coefficient (Wildman–Crippen LogP) is 3.55. The molecule has 2 aromatic rings. The van der Waals surface area contributed by atoms with Crippen LogP contribution in [0.3, 0.4) is 0 Å². The summed E-state index contributed by atoms with van der Waals surface area (Å²) in [7, 11) is -1.82. The van der Waals surface area contributed by atoms with Gasteiger partial charge in [-0.2, -0.15) is 0 Å². The van der Waals surface area contributed by atoms with E-state index in [4.69, 9.17) is 4.74 Å². The summed E-state index contributed by atoms with van der Waals surface area (Å²) in [4.78, 5) is 12.0. The van der Waals surface area contributed by atoms with Gasteiger partial charge < -0.3 is 4.74 Å². The number of benzene rings is 2. The molecule has 21 heavy (non-hydrogen) atoms. The monoisotopic (exact) mass is 296 g/mol. The van der Waals surface area contributed by atoms with Crippen molar-refractivity contribution in [2.45, 2.75) is 13.1 Å². The predicted molar refractivity (Wildman–Crippen MR) is 89.4 cm³/mol. The summed E-state index contributed by atoms with van der Waals surface area (Å²) in [5.41, 5.74) is 0.574. The second kappa shape index (κ2) is 6.55. The highest BCUT2D eigenvalue weighted by Gasteiger charge is 2.27. The molecule has 0 bridgehead atoms. The number of esters is 1. The standard InChI is InChI=1S/C18H20O2Si/c1-15(21(2,3)17-12-8-5-9-13-17)14-20-18(19)16-10-6-4-7-11-16/h4-13H,1,14H2,2-3H3. The molecule has 2 aromatic carbocycles. The van der Waals surface area contributed by atoms with Crippen LogP contribution in [0.25, 0.3) is 0 Å². The number of ether oxygens (including phenoxy) is 1. The van der Waals surface area contributed by atoms with Gasteiger partial charge in [0.1, 0.15) is 14.7 Å². The van der Waals surface area contributed by atoms with Crippen LogP contribution >= 0.6 is 0 Å². The smallest absolute Gasteiger partial charge is 0.338 e. The molecule has 0 amide bonds. The molecule has 0 saturated carbocycles. The summed E-state index contributed by atoms with van der Waals surface area (Å²) in [5, 5.41) is 2.31. The highest BCUT2D eigenvalue weighted by Crippen LogP contribution is 2.14. The first-order valence-electron chi connectivity index (χ1n) is 6.98.